The molecule has 0 aliphatic carbocycles. The third-order valence-corrected chi connectivity index (χ3v) is 5.27. The Balaban J connectivity index is 2.14. The van der Waals surface area contributed by atoms with E-state index < -0.39 is 35.3 Å². The molecule has 1 heterocycles. The molecule has 0 spiro atoms. The van der Waals surface area contributed by atoms with Gasteiger partial charge in [-0.05, 0) is 48.4 Å². The topological polar surface area (TPSA) is 94.9 Å². The van der Waals surface area contributed by atoms with Crippen molar-refractivity contribution in [2.75, 3.05) is 6.54 Å². The number of carboxylic acids is 1. The van der Waals surface area contributed by atoms with Crippen LogP contribution in [0.3, 0.4) is 0 Å². The highest BCUT2D eigenvalue weighted by Crippen LogP contribution is 2.42. The molecule has 2 aromatic rings. The van der Waals surface area contributed by atoms with E-state index in [0.717, 1.165) is 12.1 Å². The van der Waals surface area contributed by atoms with E-state index in [4.69, 9.17) is 28.3 Å². The first kappa shape index (κ1) is 21.8. The number of likely N-dealkylation sites (tertiary alicyclic amines) is 1. The summed E-state index contributed by atoms with van der Waals surface area (Å²) in [4.78, 5) is 37.5. The maximum absolute atomic E-state index is 13.3. The van der Waals surface area contributed by atoms with Crippen LogP contribution in [0.2, 0.25) is 10.0 Å². The van der Waals surface area contributed by atoms with E-state index in [2.05, 4.69) is 0 Å². The summed E-state index contributed by atoms with van der Waals surface area (Å²) >= 11 is 12.3. The average Bonchev–Trinajstić information content (AvgIpc) is 2.93. The predicted molar refractivity (Wildman–Crippen MR) is 109 cm³/mol. The van der Waals surface area contributed by atoms with E-state index in [0.29, 0.717) is 10.6 Å². The number of hydrogen-bond acceptors (Lipinski definition) is 4. The Labute approximate surface area is 181 Å². The number of carboxylic acid groups (broad SMARTS) is 1. The number of ketones is 1. The number of rotatable bonds is 6. The molecule has 0 bridgehead atoms. The van der Waals surface area contributed by atoms with Crippen molar-refractivity contribution in [2.45, 2.75) is 18.9 Å². The number of hydrogen-bond donors (Lipinski definition) is 2. The van der Waals surface area contributed by atoms with Gasteiger partial charge in [0.1, 0.15) is 11.6 Å². The summed E-state index contributed by atoms with van der Waals surface area (Å²) in [5, 5.41) is 20.2. The zero-order valence-electron chi connectivity index (χ0n) is 15.4. The van der Waals surface area contributed by atoms with E-state index in [-0.39, 0.29) is 35.5 Å². The molecule has 1 fully saturated rings. The number of aliphatic carboxylic acids is 1. The van der Waals surface area contributed by atoms with Crippen molar-refractivity contribution in [3.8, 4) is 0 Å². The van der Waals surface area contributed by atoms with E-state index >= 15 is 0 Å². The molecule has 1 unspecified atom stereocenters. The fraction of sp³-hybridized carbons (Fsp3) is 0.190. The minimum absolute atomic E-state index is 0.0410. The van der Waals surface area contributed by atoms with Crippen molar-refractivity contribution in [2.24, 2.45) is 0 Å². The second-order valence-corrected chi connectivity index (χ2v) is 7.51. The maximum Gasteiger partial charge on any atom is 0.303 e. The summed E-state index contributed by atoms with van der Waals surface area (Å²) in [5.41, 5.74) is 0.278. The Hall–Kier alpha value is -2.90. The second-order valence-electron chi connectivity index (χ2n) is 6.66. The molecule has 9 heteroatoms. The van der Waals surface area contributed by atoms with Crippen molar-refractivity contribution in [1.29, 1.82) is 0 Å². The van der Waals surface area contributed by atoms with Crippen molar-refractivity contribution in [3.05, 3.63) is 75.0 Å². The second kappa shape index (κ2) is 8.85. The first-order valence-electron chi connectivity index (χ1n) is 8.91. The number of carbonyl (C=O) groups is 3. The van der Waals surface area contributed by atoms with E-state index in [1.165, 1.54) is 35.2 Å². The number of amides is 1. The van der Waals surface area contributed by atoms with Gasteiger partial charge in [0, 0.05) is 28.6 Å². The van der Waals surface area contributed by atoms with E-state index in [1.807, 2.05) is 0 Å². The van der Waals surface area contributed by atoms with Gasteiger partial charge in [0.15, 0.2) is 0 Å². The summed E-state index contributed by atoms with van der Waals surface area (Å²) in [5.74, 6) is -3.88. The zero-order chi connectivity index (χ0) is 22.0. The lowest BCUT2D eigenvalue weighted by Gasteiger charge is -2.26. The molecule has 0 saturated carbocycles. The summed E-state index contributed by atoms with van der Waals surface area (Å²) < 4.78 is 13.3. The Morgan fingerprint density at radius 3 is 2.33 bits per heavy atom. The smallest absolute Gasteiger partial charge is 0.303 e. The molecule has 1 amide bonds. The van der Waals surface area contributed by atoms with Crippen molar-refractivity contribution in [3.63, 3.8) is 0 Å². The molecule has 156 valence electrons. The van der Waals surface area contributed by atoms with Crippen molar-refractivity contribution >= 4 is 46.6 Å². The highest BCUT2D eigenvalue weighted by molar-refractivity contribution is 6.47. The lowest BCUT2D eigenvalue weighted by Crippen LogP contribution is -2.31. The molecule has 0 aromatic heterocycles. The van der Waals surface area contributed by atoms with Gasteiger partial charge in [-0.15, -0.1) is 0 Å². The zero-order valence-corrected chi connectivity index (χ0v) is 17.0. The number of aliphatic hydroxyl groups excluding tert-OH is 1. The Bertz CT molecular complexity index is 1050. The van der Waals surface area contributed by atoms with E-state index in [9.17, 15) is 23.9 Å². The lowest BCUT2D eigenvalue weighted by molar-refractivity contribution is -0.140. The van der Waals surface area contributed by atoms with Gasteiger partial charge in [0.2, 0.25) is 0 Å². The average molecular weight is 452 g/mol. The van der Waals surface area contributed by atoms with Gasteiger partial charge in [-0.1, -0.05) is 29.3 Å². The summed E-state index contributed by atoms with van der Waals surface area (Å²) in [7, 11) is 0. The molecule has 1 aliphatic heterocycles. The monoisotopic (exact) mass is 451 g/mol. The predicted octanol–water partition coefficient (Wildman–Crippen LogP) is 4.42. The highest BCUT2D eigenvalue weighted by atomic mass is 35.5. The van der Waals surface area contributed by atoms with Gasteiger partial charge >= 0.3 is 5.97 Å². The molecule has 0 radical (unpaired) electrons. The van der Waals surface area contributed by atoms with Gasteiger partial charge in [0.05, 0.1) is 11.6 Å². The minimum atomic E-state index is -1.05. The van der Waals surface area contributed by atoms with Gasteiger partial charge in [-0.2, -0.15) is 0 Å². The van der Waals surface area contributed by atoms with Crippen LogP contribution in [0, 0.1) is 5.82 Å². The van der Waals surface area contributed by atoms with Gasteiger partial charge in [-0.25, -0.2) is 4.39 Å². The summed E-state index contributed by atoms with van der Waals surface area (Å²) in [6.07, 6.45) is -0.108. The molecule has 30 heavy (non-hydrogen) atoms. The van der Waals surface area contributed by atoms with Crippen molar-refractivity contribution in [1.82, 2.24) is 4.90 Å². The van der Waals surface area contributed by atoms with Crippen LogP contribution in [0.25, 0.3) is 5.76 Å². The maximum atomic E-state index is 13.3. The first-order chi connectivity index (χ1) is 14.2. The number of aliphatic hydroxyl groups is 1. The van der Waals surface area contributed by atoms with Gasteiger partial charge < -0.3 is 15.1 Å². The summed E-state index contributed by atoms with van der Waals surface area (Å²) in [6.45, 7) is -0.0410. The fourth-order valence-electron chi connectivity index (χ4n) is 3.32. The Kier molecular flexibility index (Phi) is 6.43. The van der Waals surface area contributed by atoms with Gasteiger partial charge in [0.25, 0.3) is 11.7 Å². The largest absolute Gasteiger partial charge is 0.507 e. The third kappa shape index (κ3) is 4.32. The number of benzene rings is 2. The molecule has 2 aromatic carbocycles. The Morgan fingerprint density at radius 1 is 1.07 bits per heavy atom. The highest BCUT2D eigenvalue weighted by Gasteiger charge is 2.46. The van der Waals surface area contributed by atoms with Crippen LogP contribution in [-0.4, -0.2) is 39.3 Å². The molecular weight excluding hydrogens is 436 g/mol. The minimum Gasteiger partial charge on any atom is -0.507 e. The molecule has 1 atom stereocenters. The van der Waals surface area contributed by atoms with Crippen LogP contribution < -0.4 is 0 Å². The van der Waals surface area contributed by atoms with Crippen LogP contribution >= 0.6 is 23.2 Å². The lowest BCUT2D eigenvalue weighted by atomic mass is 9.95. The van der Waals surface area contributed by atoms with Crippen LogP contribution in [-0.2, 0) is 14.4 Å². The standard InChI is InChI=1S/C21H16Cl2FNO5/c22-12-5-8-14(15(23)10-12)18-17(19(28)11-3-6-13(24)7-4-11)20(29)21(30)25(18)9-1-2-16(26)27/h3-8,10,18,28H,1-2,9H2,(H,26,27). The van der Waals surface area contributed by atoms with E-state index in [1.54, 1.807) is 0 Å². The molecule has 1 saturated heterocycles. The molecule has 1 aliphatic rings. The Morgan fingerprint density at radius 2 is 1.73 bits per heavy atom. The molecule has 6 nitrogen and oxygen atoms in total. The molecule has 3 rings (SSSR count). The van der Waals surface area contributed by atoms with Crippen LogP contribution in [0.4, 0.5) is 4.39 Å². The SMILES string of the molecule is O=C(O)CCCN1C(=O)C(=O)C(=C(O)c2ccc(F)cc2)C1c1ccc(Cl)cc1Cl. The van der Waals surface area contributed by atoms with Crippen LogP contribution in [0.15, 0.2) is 48.0 Å². The van der Waals surface area contributed by atoms with Crippen LogP contribution in [0.1, 0.15) is 30.0 Å². The van der Waals surface area contributed by atoms with Crippen LogP contribution in [0.5, 0.6) is 0 Å². The fourth-order valence-corrected chi connectivity index (χ4v) is 3.83. The number of carbonyl (C=O) groups excluding carboxylic acids is 2. The third-order valence-electron chi connectivity index (χ3n) is 4.70. The number of Topliss-reactive ketones (excluding diaryl/α,β-unsaturated/α-hetero) is 1. The first-order valence-corrected chi connectivity index (χ1v) is 9.67. The van der Waals surface area contributed by atoms with Gasteiger partial charge in [-0.3, -0.25) is 14.4 Å². The quantitative estimate of drug-likeness (QED) is 0.385. The molecule has 2 N–H and O–H groups in total. The van der Waals surface area contributed by atoms with Crippen molar-refractivity contribution < 1.29 is 29.0 Å². The summed E-state index contributed by atoms with van der Waals surface area (Å²) in [6, 6.07) is 8.24. The number of nitrogens with zero attached hydrogens (tertiary/aromatic N) is 1. The molecular formula is C21H16Cl2FNO5. The normalized spacial score (nSPS) is 18.1. The number of halogens is 3.